The summed E-state index contributed by atoms with van der Waals surface area (Å²) < 4.78 is 14.5. The Hall–Kier alpha value is -0.410. The van der Waals surface area contributed by atoms with Crippen molar-refractivity contribution in [2.75, 3.05) is 13.1 Å². The lowest BCUT2D eigenvalue weighted by molar-refractivity contribution is 0.184. The summed E-state index contributed by atoms with van der Waals surface area (Å²) in [6, 6.07) is 5.04. The zero-order valence-corrected chi connectivity index (χ0v) is 14.0. The molecule has 0 amide bonds. The van der Waals surface area contributed by atoms with Crippen LogP contribution >= 0.6 is 15.9 Å². The van der Waals surface area contributed by atoms with E-state index in [4.69, 9.17) is 0 Å². The van der Waals surface area contributed by atoms with Gasteiger partial charge in [-0.3, -0.25) is 0 Å². The highest BCUT2D eigenvalue weighted by molar-refractivity contribution is 9.10. The molecule has 1 nitrogen and oxygen atoms in total. The Kier molecular flexibility index (Phi) is 6.03. The molecule has 0 aliphatic heterocycles. The second-order valence-corrected chi connectivity index (χ2v) is 7.04. The highest BCUT2D eigenvalue weighted by Crippen LogP contribution is 2.36. The van der Waals surface area contributed by atoms with Gasteiger partial charge in [0.25, 0.3) is 0 Å². The molecule has 0 bridgehead atoms. The molecule has 0 saturated heterocycles. The van der Waals surface area contributed by atoms with Crippen molar-refractivity contribution < 1.29 is 4.39 Å². The van der Waals surface area contributed by atoms with E-state index in [0.717, 1.165) is 41.4 Å². The van der Waals surface area contributed by atoms with Crippen molar-refractivity contribution in [1.82, 2.24) is 5.32 Å². The van der Waals surface area contributed by atoms with E-state index in [-0.39, 0.29) is 5.82 Å². The molecule has 20 heavy (non-hydrogen) atoms. The normalized spacial score (nSPS) is 26.7. The number of rotatable bonds is 5. The van der Waals surface area contributed by atoms with E-state index in [9.17, 15) is 4.39 Å². The summed E-state index contributed by atoms with van der Waals surface area (Å²) in [5, 5.41) is 3.49. The van der Waals surface area contributed by atoms with Gasteiger partial charge in [0.05, 0.1) is 0 Å². The maximum atomic E-state index is 13.4. The van der Waals surface area contributed by atoms with Gasteiger partial charge in [0.15, 0.2) is 0 Å². The van der Waals surface area contributed by atoms with E-state index in [1.54, 1.807) is 6.07 Å². The van der Waals surface area contributed by atoms with Crippen LogP contribution in [0.2, 0.25) is 0 Å². The Balaban J connectivity index is 2.08. The molecule has 1 fully saturated rings. The van der Waals surface area contributed by atoms with Crippen molar-refractivity contribution >= 4 is 15.9 Å². The summed E-state index contributed by atoms with van der Waals surface area (Å²) in [6.07, 6.45) is 4.88. The first kappa shape index (κ1) is 16.0. The van der Waals surface area contributed by atoms with Gasteiger partial charge in [0, 0.05) is 4.47 Å². The van der Waals surface area contributed by atoms with Gasteiger partial charge >= 0.3 is 0 Å². The quantitative estimate of drug-likeness (QED) is 0.811. The molecule has 1 aliphatic carbocycles. The Morgan fingerprint density at radius 1 is 1.30 bits per heavy atom. The van der Waals surface area contributed by atoms with E-state index < -0.39 is 0 Å². The highest BCUT2D eigenvalue weighted by atomic mass is 79.9. The second-order valence-electron chi connectivity index (χ2n) is 6.19. The number of hydrogen-bond acceptors (Lipinski definition) is 1. The van der Waals surface area contributed by atoms with Crippen LogP contribution in [-0.2, 0) is 6.42 Å². The average molecular weight is 342 g/mol. The summed E-state index contributed by atoms with van der Waals surface area (Å²) in [4.78, 5) is 0. The van der Waals surface area contributed by atoms with E-state index in [1.807, 2.05) is 6.07 Å². The summed E-state index contributed by atoms with van der Waals surface area (Å²) in [5.74, 6) is 2.05. The average Bonchev–Trinajstić information content (AvgIpc) is 2.42. The summed E-state index contributed by atoms with van der Waals surface area (Å²) in [6.45, 7) is 6.63. The molecule has 1 N–H and O–H groups in total. The topological polar surface area (TPSA) is 12.0 Å². The largest absolute Gasteiger partial charge is 0.317 e. The third kappa shape index (κ3) is 4.29. The predicted molar refractivity (Wildman–Crippen MR) is 86.3 cm³/mol. The molecule has 1 aromatic carbocycles. The number of nitrogens with one attached hydrogen (secondary N) is 1. The van der Waals surface area contributed by atoms with Gasteiger partial charge in [0.2, 0.25) is 0 Å². The van der Waals surface area contributed by atoms with Crippen molar-refractivity contribution in [2.45, 2.75) is 39.5 Å². The minimum atomic E-state index is -0.129. The molecule has 3 unspecified atom stereocenters. The van der Waals surface area contributed by atoms with Crippen LogP contribution in [0, 0.1) is 23.6 Å². The molecule has 1 aromatic rings. The fraction of sp³-hybridized carbons (Fsp3) is 0.647. The zero-order valence-electron chi connectivity index (χ0n) is 12.5. The molecule has 1 saturated carbocycles. The van der Waals surface area contributed by atoms with E-state index in [2.05, 4.69) is 35.1 Å². The van der Waals surface area contributed by atoms with Crippen molar-refractivity contribution in [1.29, 1.82) is 0 Å². The first-order chi connectivity index (χ1) is 9.60. The monoisotopic (exact) mass is 341 g/mol. The molecule has 1 aliphatic rings. The Bertz CT molecular complexity index is 433. The van der Waals surface area contributed by atoms with Gasteiger partial charge in [-0.2, -0.15) is 0 Å². The zero-order chi connectivity index (χ0) is 14.5. The number of hydrogen-bond donors (Lipinski definition) is 1. The van der Waals surface area contributed by atoms with Gasteiger partial charge in [-0.25, -0.2) is 4.39 Å². The van der Waals surface area contributed by atoms with Crippen LogP contribution in [0.4, 0.5) is 4.39 Å². The van der Waals surface area contributed by atoms with Gasteiger partial charge in [-0.05, 0) is 73.9 Å². The Morgan fingerprint density at radius 3 is 2.85 bits per heavy atom. The lowest BCUT2D eigenvalue weighted by atomic mass is 9.72. The molecule has 112 valence electrons. The van der Waals surface area contributed by atoms with Crippen LogP contribution in [0.1, 0.15) is 38.7 Å². The van der Waals surface area contributed by atoms with E-state index in [1.165, 1.54) is 25.3 Å². The molecule has 0 heterocycles. The Labute approximate surface area is 130 Å². The van der Waals surface area contributed by atoms with Crippen molar-refractivity contribution in [2.24, 2.45) is 17.8 Å². The van der Waals surface area contributed by atoms with Crippen LogP contribution < -0.4 is 5.32 Å². The lowest BCUT2D eigenvalue weighted by Crippen LogP contribution is -2.33. The van der Waals surface area contributed by atoms with Gasteiger partial charge in [-0.15, -0.1) is 0 Å². The van der Waals surface area contributed by atoms with Gasteiger partial charge < -0.3 is 5.32 Å². The fourth-order valence-electron chi connectivity index (χ4n) is 3.39. The lowest BCUT2D eigenvalue weighted by Gasteiger charge is -2.35. The fourth-order valence-corrected chi connectivity index (χ4v) is 3.80. The minimum Gasteiger partial charge on any atom is -0.317 e. The number of benzene rings is 1. The SMILES string of the molecule is CCNCC1CCC(C)CC1Cc1cc(F)ccc1Br. The van der Waals surface area contributed by atoms with Gasteiger partial charge in [-0.1, -0.05) is 36.2 Å². The molecule has 2 rings (SSSR count). The highest BCUT2D eigenvalue weighted by Gasteiger charge is 2.28. The summed E-state index contributed by atoms with van der Waals surface area (Å²) >= 11 is 3.56. The van der Waals surface area contributed by atoms with Crippen LogP contribution in [0.3, 0.4) is 0 Å². The smallest absolute Gasteiger partial charge is 0.123 e. The molecule has 3 atom stereocenters. The second kappa shape index (κ2) is 7.56. The first-order valence-electron chi connectivity index (χ1n) is 7.74. The van der Waals surface area contributed by atoms with Gasteiger partial charge in [0.1, 0.15) is 5.82 Å². The minimum absolute atomic E-state index is 0.129. The van der Waals surface area contributed by atoms with E-state index in [0.29, 0.717) is 5.92 Å². The van der Waals surface area contributed by atoms with Crippen LogP contribution in [0.25, 0.3) is 0 Å². The Morgan fingerprint density at radius 2 is 2.10 bits per heavy atom. The molecule has 0 spiro atoms. The van der Waals surface area contributed by atoms with Crippen molar-refractivity contribution in [3.63, 3.8) is 0 Å². The first-order valence-corrected chi connectivity index (χ1v) is 8.54. The summed E-state index contributed by atoms with van der Waals surface area (Å²) in [5.41, 5.74) is 1.12. The molecular weight excluding hydrogens is 317 g/mol. The third-order valence-electron chi connectivity index (χ3n) is 4.55. The standard InChI is InChI=1S/C17H25BrFN/c1-3-20-11-13-5-4-12(2)8-14(13)9-15-10-16(19)6-7-17(15)18/h6-7,10,12-14,20H,3-5,8-9,11H2,1-2H3. The summed E-state index contributed by atoms with van der Waals surface area (Å²) in [7, 11) is 0. The molecule has 0 aromatic heterocycles. The van der Waals surface area contributed by atoms with E-state index >= 15 is 0 Å². The maximum absolute atomic E-state index is 13.4. The molecular formula is C17H25BrFN. The molecule has 3 heteroatoms. The number of halogens is 2. The van der Waals surface area contributed by atoms with Crippen molar-refractivity contribution in [3.8, 4) is 0 Å². The molecule has 0 radical (unpaired) electrons. The van der Waals surface area contributed by atoms with Crippen LogP contribution in [-0.4, -0.2) is 13.1 Å². The van der Waals surface area contributed by atoms with Crippen molar-refractivity contribution in [3.05, 3.63) is 34.1 Å². The van der Waals surface area contributed by atoms with Crippen LogP contribution in [0.15, 0.2) is 22.7 Å². The predicted octanol–water partition coefficient (Wildman–Crippen LogP) is 4.79. The third-order valence-corrected chi connectivity index (χ3v) is 5.32. The maximum Gasteiger partial charge on any atom is 0.123 e. The van der Waals surface area contributed by atoms with Crippen LogP contribution in [0.5, 0.6) is 0 Å².